The number of rotatable bonds is 3. The van der Waals surface area contributed by atoms with Crippen LogP contribution < -0.4 is 4.74 Å². The molecule has 0 heterocycles. The quantitative estimate of drug-likeness (QED) is 0.905. The maximum absolute atomic E-state index is 12.6. The van der Waals surface area contributed by atoms with Gasteiger partial charge in [-0.25, -0.2) is 4.79 Å². The maximum atomic E-state index is 12.6. The van der Waals surface area contributed by atoms with E-state index in [1.54, 1.807) is 0 Å². The fourth-order valence-corrected chi connectivity index (χ4v) is 1.02. The van der Waals surface area contributed by atoms with E-state index in [-0.39, 0.29) is 15.8 Å². The molecular weight excluding hydrogens is 253 g/mol. The molecule has 7 heteroatoms. The van der Waals surface area contributed by atoms with Crippen LogP contribution in [0.4, 0.5) is 8.78 Å². The fraction of sp³-hybridized carbons (Fsp3) is 0.125. The molecule has 1 aromatic rings. The van der Waals surface area contributed by atoms with Crippen LogP contribution in [-0.4, -0.2) is 17.2 Å². The highest BCUT2D eigenvalue weighted by Crippen LogP contribution is 2.29. The maximum Gasteiger partial charge on any atom is 0.501 e. The number of benzene rings is 1. The molecule has 0 saturated heterocycles. The minimum Gasteiger partial charge on any atom is -0.474 e. The van der Waals surface area contributed by atoms with Crippen LogP contribution in [0.25, 0.3) is 0 Å². The average Bonchev–Trinajstić information content (AvgIpc) is 2.10. The van der Waals surface area contributed by atoms with Crippen molar-refractivity contribution in [1.82, 2.24) is 0 Å². The van der Waals surface area contributed by atoms with Crippen LogP contribution in [0, 0.1) is 0 Å². The van der Waals surface area contributed by atoms with Crippen LogP contribution in [0.2, 0.25) is 10.0 Å². The molecule has 82 valence electrons. The number of hydrogen-bond acceptors (Lipinski definition) is 2. The van der Waals surface area contributed by atoms with Crippen molar-refractivity contribution >= 4 is 29.2 Å². The summed E-state index contributed by atoms with van der Waals surface area (Å²) in [6.07, 6.45) is -4.29. The number of ether oxygens (including phenoxy) is 1. The van der Waals surface area contributed by atoms with E-state index >= 15 is 0 Å². The lowest BCUT2D eigenvalue weighted by Gasteiger charge is -2.13. The molecule has 3 nitrogen and oxygen atoms in total. The van der Waals surface area contributed by atoms with Crippen LogP contribution in [0.3, 0.4) is 0 Å². The van der Waals surface area contributed by atoms with E-state index in [1.165, 1.54) is 6.07 Å². The van der Waals surface area contributed by atoms with E-state index in [0.717, 1.165) is 12.1 Å². The highest BCUT2D eigenvalue weighted by atomic mass is 35.5. The first-order chi connectivity index (χ1) is 6.83. The molecule has 0 fully saturated rings. The third-order valence-electron chi connectivity index (χ3n) is 1.39. The van der Waals surface area contributed by atoms with E-state index in [9.17, 15) is 13.6 Å². The lowest BCUT2D eigenvalue weighted by atomic mass is 10.3. The Labute approximate surface area is 93.2 Å². The van der Waals surface area contributed by atoms with Crippen molar-refractivity contribution in [1.29, 1.82) is 0 Å². The Morgan fingerprint density at radius 2 is 1.93 bits per heavy atom. The molecular formula is C8H4Cl2F2O3. The average molecular weight is 257 g/mol. The summed E-state index contributed by atoms with van der Waals surface area (Å²) in [7, 11) is 0. The van der Waals surface area contributed by atoms with Gasteiger partial charge in [-0.2, -0.15) is 8.78 Å². The minimum absolute atomic E-state index is 0.00430. The molecule has 1 rings (SSSR count). The topological polar surface area (TPSA) is 46.5 Å². The fourth-order valence-electron chi connectivity index (χ4n) is 0.732. The number of carboxylic acid groups (broad SMARTS) is 1. The van der Waals surface area contributed by atoms with Gasteiger partial charge < -0.3 is 9.84 Å². The Morgan fingerprint density at radius 3 is 2.40 bits per heavy atom. The van der Waals surface area contributed by atoms with Crippen LogP contribution in [0.15, 0.2) is 18.2 Å². The van der Waals surface area contributed by atoms with Crippen LogP contribution in [0.5, 0.6) is 5.75 Å². The molecule has 0 unspecified atom stereocenters. The van der Waals surface area contributed by atoms with Crippen molar-refractivity contribution in [2.24, 2.45) is 0 Å². The summed E-state index contributed by atoms with van der Waals surface area (Å²) < 4.78 is 29.1. The third-order valence-corrected chi connectivity index (χ3v) is 2.13. The monoisotopic (exact) mass is 256 g/mol. The van der Waals surface area contributed by atoms with Crippen molar-refractivity contribution in [3.05, 3.63) is 28.2 Å². The summed E-state index contributed by atoms with van der Waals surface area (Å²) >= 11 is 11.0. The summed E-state index contributed by atoms with van der Waals surface area (Å²) in [4.78, 5) is 10.0. The van der Waals surface area contributed by atoms with Gasteiger partial charge in [-0.1, -0.05) is 23.2 Å². The Kier molecular flexibility index (Phi) is 3.36. The van der Waals surface area contributed by atoms with Gasteiger partial charge in [-0.15, -0.1) is 0 Å². The lowest BCUT2D eigenvalue weighted by molar-refractivity contribution is -0.210. The highest BCUT2D eigenvalue weighted by molar-refractivity contribution is 6.42. The second kappa shape index (κ2) is 4.20. The Balaban J connectivity index is 2.91. The molecule has 0 bridgehead atoms. The molecule has 1 aromatic carbocycles. The second-order valence-electron chi connectivity index (χ2n) is 2.50. The number of carboxylic acids is 1. The Morgan fingerprint density at radius 1 is 1.33 bits per heavy atom. The second-order valence-corrected chi connectivity index (χ2v) is 3.31. The van der Waals surface area contributed by atoms with Gasteiger partial charge in [0.2, 0.25) is 0 Å². The molecule has 0 aliphatic carbocycles. The molecule has 1 N–H and O–H groups in total. The van der Waals surface area contributed by atoms with Gasteiger partial charge >= 0.3 is 12.1 Å². The van der Waals surface area contributed by atoms with E-state index in [1.807, 2.05) is 0 Å². The van der Waals surface area contributed by atoms with E-state index in [2.05, 4.69) is 4.74 Å². The summed E-state index contributed by atoms with van der Waals surface area (Å²) in [5, 5.41) is 8.24. The zero-order chi connectivity index (χ0) is 11.6. The van der Waals surface area contributed by atoms with Crippen molar-refractivity contribution < 1.29 is 23.4 Å². The molecule has 0 aromatic heterocycles. The molecule has 0 aliphatic heterocycles. The third kappa shape index (κ3) is 2.94. The minimum atomic E-state index is -4.29. The van der Waals surface area contributed by atoms with Crippen LogP contribution >= 0.6 is 23.2 Å². The smallest absolute Gasteiger partial charge is 0.474 e. The zero-order valence-electron chi connectivity index (χ0n) is 7.01. The first-order valence-corrected chi connectivity index (χ1v) is 4.34. The predicted molar refractivity (Wildman–Crippen MR) is 49.7 cm³/mol. The predicted octanol–water partition coefficient (Wildman–Crippen LogP) is 3.05. The number of carbonyl (C=O) groups is 1. The first kappa shape index (κ1) is 12.0. The van der Waals surface area contributed by atoms with Gasteiger partial charge in [-0.05, 0) is 12.1 Å². The standard InChI is InChI=1S/C8H4Cl2F2O3/c9-5-2-1-4(3-6(5)10)15-8(11,12)7(13)14/h1-3H,(H,13,14). The normalized spacial score (nSPS) is 11.2. The summed E-state index contributed by atoms with van der Waals surface area (Å²) in [5.74, 6) is -2.76. The molecule has 0 aliphatic rings. The summed E-state index contributed by atoms with van der Waals surface area (Å²) in [6, 6.07) is 3.31. The molecule has 0 saturated carbocycles. The molecule has 0 amide bonds. The number of hydrogen-bond donors (Lipinski definition) is 1. The lowest BCUT2D eigenvalue weighted by Crippen LogP contribution is -2.34. The Bertz CT molecular complexity index is 395. The van der Waals surface area contributed by atoms with E-state index in [4.69, 9.17) is 28.3 Å². The summed E-state index contributed by atoms with van der Waals surface area (Å²) in [5.41, 5.74) is 0. The Hall–Kier alpha value is -1.07. The van der Waals surface area contributed by atoms with E-state index in [0.29, 0.717) is 0 Å². The zero-order valence-corrected chi connectivity index (χ0v) is 8.52. The molecule has 15 heavy (non-hydrogen) atoms. The van der Waals surface area contributed by atoms with Gasteiger partial charge in [0.15, 0.2) is 0 Å². The van der Waals surface area contributed by atoms with Crippen molar-refractivity contribution in [2.75, 3.05) is 0 Å². The van der Waals surface area contributed by atoms with E-state index < -0.39 is 12.1 Å². The largest absolute Gasteiger partial charge is 0.501 e. The van der Waals surface area contributed by atoms with Gasteiger partial charge in [0.1, 0.15) is 5.75 Å². The van der Waals surface area contributed by atoms with Gasteiger partial charge in [0.25, 0.3) is 0 Å². The van der Waals surface area contributed by atoms with Gasteiger partial charge in [0, 0.05) is 6.07 Å². The highest BCUT2D eigenvalue weighted by Gasteiger charge is 2.42. The van der Waals surface area contributed by atoms with Crippen molar-refractivity contribution in [3.8, 4) is 5.75 Å². The first-order valence-electron chi connectivity index (χ1n) is 3.58. The van der Waals surface area contributed by atoms with Gasteiger partial charge in [0.05, 0.1) is 10.0 Å². The molecule has 0 spiro atoms. The number of aliphatic carboxylic acids is 1. The van der Waals surface area contributed by atoms with Crippen LogP contribution in [0.1, 0.15) is 0 Å². The number of halogens is 4. The van der Waals surface area contributed by atoms with Crippen molar-refractivity contribution in [2.45, 2.75) is 6.11 Å². The van der Waals surface area contributed by atoms with Crippen molar-refractivity contribution in [3.63, 3.8) is 0 Å². The number of alkyl halides is 2. The SMILES string of the molecule is O=C(O)C(F)(F)Oc1ccc(Cl)c(Cl)c1. The van der Waals surface area contributed by atoms with Crippen LogP contribution in [-0.2, 0) is 4.79 Å². The summed E-state index contributed by atoms with van der Waals surface area (Å²) in [6.45, 7) is 0. The molecule has 0 radical (unpaired) electrons. The van der Waals surface area contributed by atoms with Gasteiger partial charge in [-0.3, -0.25) is 0 Å². The molecule has 0 atom stereocenters.